The lowest BCUT2D eigenvalue weighted by Gasteiger charge is -2.08. The van der Waals surface area contributed by atoms with E-state index in [2.05, 4.69) is 10.9 Å². The molecule has 118 valence electrons. The minimum Gasteiger partial charge on any atom is -0.454 e. The van der Waals surface area contributed by atoms with Crippen LogP contribution < -0.4 is 20.3 Å². The summed E-state index contributed by atoms with van der Waals surface area (Å²) in [5.41, 5.74) is 5.15. The molecule has 0 radical (unpaired) electrons. The lowest BCUT2D eigenvalue weighted by molar-refractivity contribution is 0.0846. The molecule has 1 aliphatic rings. The van der Waals surface area contributed by atoms with Crippen molar-refractivity contribution in [2.45, 2.75) is 0 Å². The molecule has 0 saturated carbocycles. The quantitative estimate of drug-likeness (QED) is 0.814. The highest BCUT2D eigenvalue weighted by Gasteiger charge is 2.17. The maximum Gasteiger partial charge on any atom is 0.269 e. The molecule has 0 spiro atoms. The first-order chi connectivity index (χ1) is 11.0. The fraction of sp³-hybridized carbons (Fsp3) is 0.0667. The first-order valence-corrected chi connectivity index (χ1v) is 7.25. The smallest absolute Gasteiger partial charge is 0.269 e. The summed E-state index contributed by atoms with van der Waals surface area (Å²) in [4.78, 5) is 24.0. The van der Waals surface area contributed by atoms with Crippen LogP contribution in [0.3, 0.4) is 0 Å². The number of amides is 2. The number of rotatable bonds is 2. The van der Waals surface area contributed by atoms with E-state index in [1.165, 1.54) is 24.3 Å². The molecule has 2 aromatic rings. The first kappa shape index (κ1) is 15.5. The molecule has 2 aromatic carbocycles. The predicted octanol–water partition coefficient (Wildman–Crippen LogP) is 2.80. The van der Waals surface area contributed by atoms with E-state index in [0.717, 1.165) is 0 Å². The molecule has 0 fully saturated rings. The Balaban J connectivity index is 1.65. The number of halogens is 2. The number of ether oxygens (including phenoxy) is 2. The molecule has 8 heteroatoms. The largest absolute Gasteiger partial charge is 0.454 e. The van der Waals surface area contributed by atoms with Crippen LogP contribution in [0.2, 0.25) is 10.0 Å². The van der Waals surface area contributed by atoms with Crippen molar-refractivity contribution in [1.82, 2.24) is 10.9 Å². The average molecular weight is 353 g/mol. The van der Waals surface area contributed by atoms with Gasteiger partial charge in [-0.2, -0.15) is 0 Å². The van der Waals surface area contributed by atoms with Crippen LogP contribution in [-0.2, 0) is 0 Å². The van der Waals surface area contributed by atoms with Gasteiger partial charge in [-0.3, -0.25) is 20.4 Å². The fourth-order valence-corrected chi connectivity index (χ4v) is 2.51. The van der Waals surface area contributed by atoms with Gasteiger partial charge in [0, 0.05) is 21.2 Å². The van der Waals surface area contributed by atoms with Gasteiger partial charge in [-0.05, 0) is 36.4 Å². The number of hydrogen-bond acceptors (Lipinski definition) is 4. The molecule has 23 heavy (non-hydrogen) atoms. The summed E-state index contributed by atoms with van der Waals surface area (Å²) in [5, 5.41) is 0.648. The van der Waals surface area contributed by atoms with Crippen LogP contribution in [0.1, 0.15) is 20.7 Å². The van der Waals surface area contributed by atoms with E-state index in [9.17, 15) is 9.59 Å². The number of carbonyl (C=O) groups is 2. The summed E-state index contributed by atoms with van der Waals surface area (Å²) < 4.78 is 10.4. The van der Waals surface area contributed by atoms with E-state index < -0.39 is 11.8 Å². The molecule has 0 atom stereocenters. The third kappa shape index (κ3) is 3.49. The number of nitrogens with one attached hydrogen (secondary N) is 2. The Morgan fingerprint density at radius 3 is 2.13 bits per heavy atom. The molecule has 0 unspecified atom stereocenters. The van der Waals surface area contributed by atoms with Crippen molar-refractivity contribution in [3.63, 3.8) is 0 Å². The van der Waals surface area contributed by atoms with E-state index in [-0.39, 0.29) is 12.4 Å². The summed E-state index contributed by atoms with van der Waals surface area (Å²) in [7, 11) is 0. The summed E-state index contributed by atoms with van der Waals surface area (Å²) in [5.74, 6) is 0.0121. The number of benzene rings is 2. The van der Waals surface area contributed by atoms with Gasteiger partial charge in [0.05, 0.1) is 0 Å². The zero-order valence-corrected chi connectivity index (χ0v) is 13.1. The van der Waals surface area contributed by atoms with Crippen molar-refractivity contribution < 1.29 is 19.1 Å². The van der Waals surface area contributed by atoms with Gasteiger partial charge in [-0.1, -0.05) is 23.2 Å². The van der Waals surface area contributed by atoms with Crippen LogP contribution in [0.25, 0.3) is 0 Å². The normalized spacial score (nSPS) is 11.9. The van der Waals surface area contributed by atoms with Crippen LogP contribution in [0.5, 0.6) is 11.5 Å². The van der Waals surface area contributed by atoms with Crippen LogP contribution in [-0.4, -0.2) is 18.6 Å². The standard InChI is InChI=1S/C15H10Cl2N2O4/c16-10-3-9(4-11(17)6-10)15(21)19-18-14(20)8-1-2-12-13(5-8)23-7-22-12/h1-6H,7H2,(H,18,20)(H,19,21). The molecular formula is C15H10Cl2N2O4. The van der Waals surface area contributed by atoms with Gasteiger partial charge in [0.1, 0.15) is 0 Å². The van der Waals surface area contributed by atoms with Crippen LogP contribution in [0.4, 0.5) is 0 Å². The Morgan fingerprint density at radius 2 is 1.43 bits per heavy atom. The summed E-state index contributed by atoms with van der Waals surface area (Å²) in [6.07, 6.45) is 0. The lowest BCUT2D eigenvalue weighted by atomic mass is 10.2. The van der Waals surface area contributed by atoms with Crippen LogP contribution in [0.15, 0.2) is 36.4 Å². The van der Waals surface area contributed by atoms with Crippen molar-refractivity contribution in [2.75, 3.05) is 6.79 Å². The summed E-state index contributed by atoms with van der Waals surface area (Å²) in [6.45, 7) is 0.118. The van der Waals surface area contributed by atoms with Gasteiger partial charge in [-0.15, -0.1) is 0 Å². The second kappa shape index (κ2) is 6.36. The highest BCUT2D eigenvalue weighted by Crippen LogP contribution is 2.32. The molecule has 0 aliphatic carbocycles. The summed E-state index contributed by atoms with van der Waals surface area (Å²) >= 11 is 11.7. The van der Waals surface area contributed by atoms with Gasteiger partial charge < -0.3 is 9.47 Å². The monoisotopic (exact) mass is 352 g/mol. The third-order valence-electron chi connectivity index (χ3n) is 3.05. The van der Waals surface area contributed by atoms with Crippen LogP contribution >= 0.6 is 23.2 Å². The van der Waals surface area contributed by atoms with E-state index in [1.807, 2.05) is 0 Å². The zero-order chi connectivity index (χ0) is 16.4. The molecule has 0 bridgehead atoms. The molecule has 1 aliphatic heterocycles. The second-order valence-corrected chi connectivity index (χ2v) is 5.51. The maximum absolute atomic E-state index is 12.0. The van der Waals surface area contributed by atoms with Crippen molar-refractivity contribution in [3.05, 3.63) is 57.6 Å². The topological polar surface area (TPSA) is 76.7 Å². The number of hydrogen-bond donors (Lipinski definition) is 2. The molecule has 2 amide bonds. The molecule has 1 heterocycles. The minimum absolute atomic E-state index is 0.118. The highest BCUT2D eigenvalue weighted by molar-refractivity contribution is 6.35. The lowest BCUT2D eigenvalue weighted by Crippen LogP contribution is -2.41. The third-order valence-corrected chi connectivity index (χ3v) is 3.49. The zero-order valence-electron chi connectivity index (χ0n) is 11.6. The Hall–Kier alpha value is -2.44. The van der Waals surface area contributed by atoms with E-state index in [0.29, 0.717) is 27.1 Å². The molecule has 6 nitrogen and oxygen atoms in total. The van der Waals surface area contributed by atoms with Crippen molar-refractivity contribution >= 4 is 35.0 Å². The molecule has 0 aromatic heterocycles. The van der Waals surface area contributed by atoms with E-state index in [4.69, 9.17) is 32.7 Å². The maximum atomic E-state index is 12.0. The van der Waals surface area contributed by atoms with Crippen molar-refractivity contribution in [1.29, 1.82) is 0 Å². The Bertz CT molecular complexity index is 775. The summed E-state index contributed by atoms with van der Waals surface area (Å²) in [6, 6.07) is 9.09. The Labute approximate surface area is 141 Å². The molecule has 3 rings (SSSR count). The van der Waals surface area contributed by atoms with Gasteiger partial charge in [-0.25, -0.2) is 0 Å². The molecule has 0 saturated heterocycles. The van der Waals surface area contributed by atoms with Gasteiger partial charge in [0.15, 0.2) is 11.5 Å². The van der Waals surface area contributed by atoms with Crippen molar-refractivity contribution in [3.8, 4) is 11.5 Å². The van der Waals surface area contributed by atoms with E-state index in [1.54, 1.807) is 12.1 Å². The molecule has 2 N–H and O–H groups in total. The Kier molecular flexibility index (Phi) is 4.27. The number of carbonyl (C=O) groups excluding carboxylic acids is 2. The molecular weight excluding hydrogens is 343 g/mol. The minimum atomic E-state index is -0.538. The average Bonchev–Trinajstić information content (AvgIpc) is 2.98. The number of fused-ring (bicyclic) bond motifs is 1. The highest BCUT2D eigenvalue weighted by atomic mass is 35.5. The Morgan fingerprint density at radius 1 is 0.826 bits per heavy atom. The van der Waals surface area contributed by atoms with Gasteiger partial charge in [0.25, 0.3) is 11.8 Å². The van der Waals surface area contributed by atoms with Gasteiger partial charge >= 0.3 is 0 Å². The fourth-order valence-electron chi connectivity index (χ4n) is 1.98. The SMILES string of the molecule is O=C(NNC(=O)c1ccc2c(c1)OCO2)c1cc(Cl)cc(Cl)c1. The second-order valence-electron chi connectivity index (χ2n) is 4.63. The van der Waals surface area contributed by atoms with Crippen molar-refractivity contribution in [2.24, 2.45) is 0 Å². The van der Waals surface area contributed by atoms with Gasteiger partial charge in [0.2, 0.25) is 6.79 Å². The number of hydrazine groups is 1. The van der Waals surface area contributed by atoms with Crippen LogP contribution in [0, 0.1) is 0 Å². The van der Waals surface area contributed by atoms with E-state index >= 15 is 0 Å². The predicted molar refractivity (Wildman–Crippen MR) is 84.0 cm³/mol. The first-order valence-electron chi connectivity index (χ1n) is 6.49.